The van der Waals surface area contributed by atoms with Crippen LogP contribution < -0.4 is 4.72 Å². The first kappa shape index (κ1) is 15.2. The quantitative estimate of drug-likeness (QED) is 0.882. The van der Waals surface area contributed by atoms with Crippen LogP contribution >= 0.6 is 22.7 Å². The first-order valence-corrected chi connectivity index (χ1v) is 8.85. The molecule has 0 aliphatic carbocycles. The van der Waals surface area contributed by atoms with Gasteiger partial charge in [0.15, 0.2) is 0 Å². The molecule has 0 atom stereocenters. The molecule has 2 rings (SSSR count). The van der Waals surface area contributed by atoms with E-state index in [0.29, 0.717) is 5.56 Å². The van der Waals surface area contributed by atoms with Crippen molar-refractivity contribution in [1.82, 2.24) is 4.72 Å². The molecule has 0 saturated carbocycles. The van der Waals surface area contributed by atoms with Crippen molar-refractivity contribution < 1.29 is 18.3 Å². The Balaban J connectivity index is 2.27. The van der Waals surface area contributed by atoms with Crippen LogP contribution in [0.4, 0.5) is 0 Å². The maximum atomic E-state index is 12.3. The number of carbonyl (C=O) groups is 1. The summed E-state index contributed by atoms with van der Waals surface area (Å²) in [6.45, 7) is 3.69. The number of hydrogen-bond acceptors (Lipinski definition) is 5. The van der Waals surface area contributed by atoms with E-state index in [1.165, 1.54) is 16.7 Å². The van der Waals surface area contributed by atoms with Crippen LogP contribution in [0.1, 0.15) is 25.0 Å². The summed E-state index contributed by atoms with van der Waals surface area (Å²) in [4.78, 5) is 12.8. The van der Waals surface area contributed by atoms with Crippen LogP contribution in [0.2, 0.25) is 0 Å². The van der Waals surface area contributed by atoms with Crippen LogP contribution in [-0.4, -0.2) is 19.5 Å². The molecule has 20 heavy (non-hydrogen) atoms. The fraction of sp³-hybridized carbons (Fsp3) is 0.250. The molecule has 2 aromatic heterocycles. The zero-order valence-electron chi connectivity index (χ0n) is 10.8. The Morgan fingerprint density at radius 2 is 2.05 bits per heavy atom. The van der Waals surface area contributed by atoms with Gasteiger partial charge in [0, 0.05) is 16.3 Å². The number of aryl methyl sites for hydroxylation is 2. The van der Waals surface area contributed by atoms with E-state index in [2.05, 4.69) is 4.72 Å². The first-order chi connectivity index (χ1) is 9.31. The average Bonchev–Trinajstić information content (AvgIpc) is 2.93. The van der Waals surface area contributed by atoms with Gasteiger partial charge >= 0.3 is 5.97 Å². The molecule has 0 aromatic carbocycles. The lowest BCUT2D eigenvalue weighted by Gasteiger charge is -2.06. The highest BCUT2D eigenvalue weighted by Crippen LogP contribution is 2.27. The van der Waals surface area contributed by atoms with Crippen molar-refractivity contribution in [2.75, 3.05) is 0 Å². The molecule has 2 heterocycles. The lowest BCUT2D eigenvalue weighted by Crippen LogP contribution is -2.24. The minimum Gasteiger partial charge on any atom is -0.477 e. The van der Waals surface area contributed by atoms with Crippen molar-refractivity contribution in [2.24, 2.45) is 0 Å². The molecule has 2 N–H and O–H groups in total. The van der Waals surface area contributed by atoms with Gasteiger partial charge in [-0.2, -0.15) is 0 Å². The second kappa shape index (κ2) is 5.65. The van der Waals surface area contributed by atoms with Crippen molar-refractivity contribution in [3.05, 3.63) is 37.7 Å². The molecule has 0 fully saturated rings. The Kier molecular flexibility index (Phi) is 4.28. The van der Waals surface area contributed by atoms with E-state index in [1.54, 1.807) is 6.92 Å². The summed E-state index contributed by atoms with van der Waals surface area (Å²) in [6.07, 6.45) is 0. The van der Waals surface area contributed by atoms with Gasteiger partial charge in [-0.1, -0.05) is 0 Å². The fourth-order valence-corrected chi connectivity index (χ4v) is 5.29. The molecule has 0 bridgehead atoms. The first-order valence-electron chi connectivity index (χ1n) is 5.67. The van der Waals surface area contributed by atoms with Gasteiger partial charge in [-0.05, 0) is 36.9 Å². The molecule has 0 unspecified atom stereocenters. The minimum absolute atomic E-state index is 0.136. The van der Waals surface area contributed by atoms with Crippen LogP contribution in [0, 0.1) is 13.8 Å². The van der Waals surface area contributed by atoms with Gasteiger partial charge in [-0.15, -0.1) is 22.7 Å². The third-order valence-electron chi connectivity index (χ3n) is 2.61. The third kappa shape index (κ3) is 3.09. The predicted molar refractivity (Wildman–Crippen MR) is 79.1 cm³/mol. The van der Waals surface area contributed by atoms with Gasteiger partial charge in [0.2, 0.25) is 10.0 Å². The maximum Gasteiger partial charge on any atom is 0.347 e. The van der Waals surface area contributed by atoms with Crippen LogP contribution in [0.3, 0.4) is 0 Å². The highest BCUT2D eigenvalue weighted by Gasteiger charge is 2.26. The highest BCUT2D eigenvalue weighted by atomic mass is 32.2. The van der Waals surface area contributed by atoms with Crippen LogP contribution in [0.25, 0.3) is 0 Å². The van der Waals surface area contributed by atoms with Crippen LogP contribution in [-0.2, 0) is 16.6 Å². The van der Waals surface area contributed by atoms with Gasteiger partial charge in [0.25, 0.3) is 0 Å². The number of carboxylic acid groups (broad SMARTS) is 1. The minimum atomic E-state index is -3.83. The van der Waals surface area contributed by atoms with Crippen molar-refractivity contribution in [2.45, 2.75) is 25.3 Å². The zero-order valence-corrected chi connectivity index (χ0v) is 13.3. The molecule has 0 radical (unpaired) electrons. The average molecular weight is 331 g/mol. The van der Waals surface area contributed by atoms with E-state index >= 15 is 0 Å². The number of thiophene rings is 2. The summed E-state index contributed by atoms with van der Waals surface area (Å²) >= 11 is 2.42. The normalized spacial score (nSPS) is 11.7. The summed E-state index contributed by atoms with van der Waals surface area (Å²) in [7, 11) is -3.83. The summed E-state index contributed by atoms with van der Waals surface area (Å²) in [6, 6.07) is 3.76. The third-order valence-corrected chi connectivity index (χ3v) is 6.42. The SMILES string of the molecule is Cc1ccc(CNS(=O)(=O)c2c(C)csc2C(=O)O)s1. The Hall–Kier alpha value is -1.22. The molecular weight excluding hydrogens is 318 g/mol. The van der Waals surface area contributed by atoms with Crippen molar-refractivity contribution in [1.29, 1.82) is 0 Å². The van der Waals surface area contributed by atoms with Crippen molar-refractivity contribution in [3.63, 3.8) is 0 Å². The second-order valence-electron chi connectivity index (χ2n) is 4.22. The number of hydrogen-bond donors (Lipinski definition) is 2. The Bertz CT molecular complexity index is 743. The van der Waals surface area contributed by atoms with Gasteiger partial charge in [-0.25, -0.2) is 17.9 Å². The van der Waals surface area contributed by atoms with Crippen molar-refractivity contribution in [3.8, 4) is 0 Å². The topological polar surface area (TPSA) is 83.5 Å². The Labute approximate surface area is 124 Å². The monoisotopic (exact) mass is 331 g/mol. The number of carboxylic acids is 1. The molecule has 0 amide bonds. The molecule has 8 heteroatoms. The standard InChI is InChI=1S/C12H13NO4S3/c1-7-6-18-10(12(14)15)11(7)20(16,17)13-5-9-4-3-8(2)19-9/h3-4,6,13H,5H2,1-2H3,(H,14,15). The van der Waals surface area contributed by atoms with E-state index in [9.17, 15) is 13.2 Å². The van der Waals surface area contributed by atoms with E-state index in [0.717, 1.165) is 21.1 Å². The summed E-state index contributed by atoms with van der Waals surface area (Å²) in [5, 5.41) is 10.6. The molecule has 0 saturated heterocycles. The zero-order chi connectivity index (χ0) is 14.9. The van der Waals surface area contributed by atoms with E-state index in [1.807, 2.05) is 19.1 Å². The highest BCUT2D eigenvalue weighted by molar-refractivity contribution is 7.89. The molecule has 5 nitrogen and oxygen atoms in total. The number of rotatable bonds is 5. The van der Waals surface area contributed by atoms with Gasteiger partial charge < -0.3 is 5.11 Å². The largest absolute Gasteiger partial charge is 0.477 e. The van der Waals surface area contributed by atoms with E-state index in [4.69, 9.17) is 5.11 Å². The molecule has 0 aliphatic heterocycles. The number of aromatic carboxylic acids is 1. The van der Waals surface area contributed by atoms with Gasteiger partial charge in [0.1, 0.15) is 9.77 Å². The van der Waals surface area contributed by atoms with Crippen LogP contribution in [0.15, 0.2) is 22.4 Å². The Morgan fingerprint density at radius 3 is 2.60 bits per heavy atom. The smallest absolute Gasteiger partial charge is 0.347 e. The molecule has 0 spiro atoms. The summed E-state index contributed by atoms with van der Waals surface area (Å²) in [5.41, 5.74) is 0.447. The molecule has 108 valence electrons. The van der Waals surface area contributed by atoms with Crippen molar-refractivity contribution >= 4 is 38.7 Å². The molecular formula is C12H13NO4S3. The summed E-state index contributed by atoms with van der Waals surface area (Å²) in [5.74, 6) is -1.23. The van der Waals surface area contributed by atoms with E-state index < -0.39 is 16.0 Å². The van der Waals surface area contributed by atoms with Gasteiger partial charge in [0.05, 0.1) is 0 Å². The Morgan fingerprint density at radius 1 is 1.35 bits per heavy atom. The predicted octanol–water partition coefficient (Wildman–Crippen LogP) is 2.60. The molecule has 2 aromatic rings. The van der Waals surface area contributed by atoms with E-state index in [-0.39, 0.29) is 16.3 Å². The second-order valence-corrected chi connectivity index (χ2v) is 8.17. The lowest BCUT2D eigenvalue weighted by molar-refractivity contribution is 0.0698. The lowest BCUT2D eigenvalue weighted by atomic mass is 10.3. The van der Waals surface area contributed by atoms with Crippen LogP contribution in [0.5, 0.6) is 0 Å². The number of sulfonamides is 1. The fourth-order valence-electron chi connectivity index (χ4n) is 1.73. The van der Waals surface area contributed by atoms with Gasteiger partial charge in [-0.3, -0.25) is 0 Å². The number of nitrogens with one attached hydrogen (secondary N) is 1. The maximum absolute atomic E-state index is 12.3. The molecule has 0 aliphatic rings. The summed E-state index contributed by atoms with van der Waals surface area (Å²) < 4.78 is 27.0.